The van der Waals surface area contributed by atoms with Crippen LogP contribution in [0.2, 0.25) is 0 Å². The van der Waals surface area contributed by atoms with Crippen molar-refractivity contribution in [3.63, 3.8) is 0 Å². The molecule has 0 unspecified atom stereocenters. The van der Waals surface area contributed by atoms with Crippen molar-refractivity contribution in [2.45, 2.75) is 24.9 Å². The van der Waals surface area contributed by atoms with E-state index < -0.39 is 0 Å². The normalized spacial score (nSPS) is 28.0. The summed E-state index contributed by atoms with van der Waals surface area (Å²) < 4.78 is 0. The lowest BCUT2D eigenvalue weighted by molar-refractivity contribution is 0.0835. The van der Waals surface area contributed by atoms with Gasteiger partial charge in [0, 0.05) is 24.2 Å². The number of hydrogen-bond acceptors (Lipinski definition) is 4. The van der Waals surface area contributed by atoms with Crippen LogP contribution in [0.3, 0.4) is 0 Å². The Morgan fingerprint density at radius 3 is 3.19 bits per heavy atom. The third kappa shape index (κ3) is 1.41. The molecule has 0 saturated carbocycles. The van der Waals surface area contributed by atoms with Crippen molar-refractivity contribution < 1.29 is 9.59 Å². The summed E-state index contributed by atoms with van der Waals surface area (Å²) in [5.41, 5.74) is 0. The van der Waals surface area contributed by atoms with Crippen molar-refractivity contribution in [1.29, 1.82) is 0 Å². The largest absolute Gasteiger partial charge is 0.333 e. The summed E-state index contributed by atoms with van der Waals surface area (Å²) in [6.07, 6.45) is 3.24. The lowest BCUT2D eigenvalue weighted by Crippen LogP contribution is -2.45. The van der Waals surface area contributed by atoms with Crippen LogP contribution >= 0.6 is 11.3 Å². The Morgan fingerprint density at radius 2 is 2.44 bits per heavy atom. The number of amides is 2. The first kappa shape index (κ1) is 9.77. The summed E-state index contributed by atoms with van der Waals surface area (Å²) in [7, 11) is 0. The van der Waals surface area contributed by atoms with Crippen LogP contribution in [0.1, 0.15) is 22.6 Å². The minimum absolute atomic E-state index is 0.0227. The lowest BCUT2D eigenvalue weighted by atomic mass is 9.98. The number of rotatable bonds is 2. The van der Waals surface area contributed by atoms with Crippen LogP contribution in [-0.2, 0) is 0 Å². The molecule has 2 atom stereocenters. The number of carbonyl (C=O) groups excluding carboxylic acids is 2. The monoisotopic (exact) mass is 237 g/mol. The molecule has 2 aliphatic rings. The summed E-state index contributed by atoms with van der Waals surface area (Å²) in [6, 6.07) is -0.199. The maximum absolute atomic E-state index is 12.1. The third-order valence-corrected chi connectivity index (χ3v) is 3.90. The zero-order chi connectivity index (χ0) is 11.1. The molecular formula is C10H11N3O2S. The van der Waals surface area contributed by atoms with Crippen LogP contribution in [0.4, 0.5) is 4.79 Å². The summed E-state index contributed by atoms with van der Waals surface area (Å²) >= 11 is 1.33. The lowest BCUT2D eigenvalue weighted by Gasteiger charge is -2.28. The van der Waals surface area contributed by atoms with Crippen molar-refractivity contribution >= 4 is 23.2 Å². The molecule has 0 spiro atoms. The minimum atomic E-state index is -0.315. The summed E-state index contributed by atoms with van der Waals surface area (Å²) in [6.45, 7) is 0.653. The molecular weight excluding hydrogens is 226 g/mol. The molecule has 2 amide bonds. The van der Waals surface area contributed by atoms with Gasteiger partial charge >= 0.3 is 6.03 Å². The highest BCUT2D eigenvalue weighted by Gasteiger charge is 2.42. The Hall–Kier alpha value is -1.43. The zero-order valence-electron chi connectivity index (χ0n) is 8.55. The van der Waals surface area contributed by atoms with Gasteiger partial charge in [-0.1, -0.05) is 0 Å². The molecule has 5 nitrogen and oxygen atoms in total. The van der Waals surface area contributed by atoms with E-state index in [1.165, 1.54) is 11.3 Å². The van der Waals surface area contributed by atoms with Gasteiger partial charge in [0.1, 0.15) is 0 Å². The topological polar surface area (TPSA) is 62.3 Å². The number of carbonyl (C=O) groups is 2. The highest BCUT2D eigenvalue weighted by atomic mass is 32.1. The second kappa shape index (κ2) is 3.55. The summed E-state index contributed by atoms with van der Waals surface area (Å²) in [5.74, 6) is -0.0227. The second-order valence-electron chi connectivity index (χ2n) is 4.09. The fraction of sp³-hybridized carbons (Fsp3) is 0.500. The highest BCUT2D eigenvalue weighted by molar-refractivity contribution is 7.11. The van der Waals surface area contributed by atoms with Crippen molar-refractivity contribution in [2.75, 3.05) is 6.54 Å². The number of hydrogen-bond donors (Lipinski definition) is 1. The van der Waals surface area contributed by atoms with Gasteiger partial charge in [-0.15, -0.1) is 11.3 Å². The van der Waals surface area contributed by atoms with Gasteiger partial charge in [-0.3, -0.25) is 4.79 Å². The van der Waals surface area contributed by atoms with Crippen LogP contribution in [0, 0.1) is 0 Å². The van der Waals surface area contributed by atoms with E-state index >= 15 is 0 Å². The van der Waals surface area contributed by atoms with E-state index in [1.807, 2.05) is 0 Å². The molecule has 84 valence electrons. The van der Waals surface area contributed by atoms with Crippen LogP contribution in [0.25, 0.3) is 0 Å². The Bertz CT molecular complexity index is 431. The van der Waals surface area contributed by atoms with Crippen LogP contribution in [0.15, 0.2) is 11.6 Å². The van der Waals surface area contributed by atoms with Crippen molar-refractivity contribution in [2.24, 2.45) is 0 Å². The molecule has 0 aromatic carbocycles. The number of aromatic nitrogens is 1. The Labute approximate surface area is 96.5 Å². The fourth-order valence-electron chi connectivity index (χ4n) is 2.33. The Morgan fingerprint density at radius 1 is 1.56 bits per heavy atom. The minimum Gasteiger partial charge on any atom is -0.333 e. The summed E-state index contributed by atoms with van der Waals surface area (Å²) in [5, 5.41) is 5.15. The van der Waals surface area contributed by atoms with Gasteiger partial charge in [-0.2, -0.15) is 0 Å². The van der Waals surface area contributed by atoms with E-state index in [2.05, 4.69) is 10.3 Å². The predicted octanol–water partition coefficient (Wildman–Crippen LogP) is 0.882. The van der Waals surface area contributed by atoms with Crippen LogP contribution in [0.5, 0.6) is 0 Å². The van der Waals surface area contributed by atoms with Crippen molar-refractivity contribution in [3.8, 4) is 0 Å². The maximum Gasteiger partial charge on any atom is 0.318 e. The van der Waals surface area contributed by atoms with E-state index in [9.17, 15) is 9.59 Å². The van der Waals surface area contributed by atoms with Crippen molar-refractivity contribution in [1.82, 2.24) is 15.2 Å². The van der Waals surface area contributed by atoms with Gasteiger partial charge in [0.25, 0.3) is 0 Å². The predicted molar refractivity (Wildman–Crippen MR) is 58.5 cm³/mol. The molecule has 2 saturated heterocycles. The van der Waals surface area contributed by atoms with Crippen molar-refractivity contribution in [3.05, 3.63) is 16.6 Å². The number of Topliss-reactive ketones (excluding diaryl/α,β-unsaturated/α-hetero) is 1. The molecule has 3 heterocycles. The molecule has 1 aromatic heterocycles. The van der Waals surface area contributed by atoms with Gasteiger partial charge in [0.05, 0.1) is 6.04 Å². The molecule has 2 bridgehead atoms. The first-order valence-corrected chi connectivity index (χ1v) is 6.14. The molecule has 2 fully saturated rings. The number of nitrogens with zero attached hydrogens (tertiary/aromatic N) is 2. The van der Waals surface area contributed by atoms with E-state index in [4.69, 9.17) is 0 Å². The van der Waals surface area contributed by atoms with E-state index in [1.54, 1.807) is 16.5 Å². The smallest absolute Gasteiger partial charge is 0.318 e. The molecule has 16 heavy (non-hydrogen) atoms. The van der Waals surface area contributed by atoms with Gasteiger partial charge in [0.2, 0.25) is 5.78 Å². The average Bonchev–Trinajstić information content (AvgIpc) is 2.88. The van der Waals surface area contributed by atoms with Gasteiger partial charge in [-0.05, 0) is 12.8 Å². The van der Waals surface area contributed by atoms with Crippen LogP contribution < -0.4 is 5.32 Å². The first-order valence-electron chi connectivity index (χ1n) is 5.26. The molecule has 2 aliphatic heterocycles. The number of fused-ring (bicyclic) bond motifs is 2. The first-order chi connectivity index (χ1) is 7.75. The average molecular weight is 237 g/mol. The number of ketones is 1. The number of nitrogens with one attached hydrogen (secondary N) is 1. The van der Waals surface area contributed by atoms with Gasteiger partial charge < -0.3 is 10.2 Å². The second-order valence-corrected chi connectivity index (χ2v) is 4.99. The summed E-state index contributed by atoms with van der Waals surface area (Å²) in [4.78, 5) is 29.4. The zero-order valence-corrected chi connectivity index (χ0v) is 9.37. The van der Waals surface area contributed by atoms with Gasteiger partial charge in [0.15, 0.2) is 5.01 Å². The molecule has 1 aromatic rings. The number of urea groups is 1. The van der Waals surface area contributed by atoms with E-state index in [-0.39, 0.29) is 23.9 Å². The number of thiazole rings is 1. The maximum atomic E-state index is 12.1. The Balaban J connectivity index is 1.85. The molecule has 1 N–H and O–H groups in total. The SMILES string of the molecule is O=C(c1nccs1)[C@@H]1CC[C@@H]2CN1C(=O)N2. The standard InChI is InChI=1S/C10H11N3O2S/c14-8(9-11-3-4-16-9)7-2-1-6-5-13(7)10(15)12-6/h3-4,6-7H,1-2,5H2,(H,12,15)/t6-,7+/m1/s1. The highest BCUT2D eigenvalue weighted by Crippen LogP contribution is 2.25. The van der Waals surface area contributed by atoms with E-state index in [0.29, 0.717) is 11.6 Å². The fourth-order valence-corrected chi connectivity index (χ4v) is 2.96. The molecule has 3 rings (SSSR count). The quantitative estimate of drug-likeness (QED) is 0.777. The third-order valence-electron chi connectivity index (χ3n) is 3.12. The molecule has 0 aliphatic carbocycles. The Kier molecular flexibility index (Phi) is 2.17. The molecule has 6 heteroatoms. The van der Waals surface area contributed by atoms with E-state index in [0.717, 1.165) is 12.8 Å². The van der Waals surface area contributed by atoms with Gasteiger partial charge in [-0.25, -0.2) is 9.78 Å². The number of piperidine rings is 1. The van der Waals surface area contributed by atoms with Crippen LogP contribution in [-0.4, -0.2) is 40.3 Å². The molecule has 0 radical (unpaired) electrons.